The number of aromatic nitrogens is 1. The van der Waals surface area contributed by atoms with Gasteiger partial charge in [-0.1, -0.05) is 34.8 Å². The largest absolute Gasteiger partial charge is 0.245 e. The first-order valence-electron chi connectivity index (χ1n) is 5.40. The van der Waals surface area contributed by atoms with Crippen molar-refractivity contribution in [2.24, 2.45) is 5.14 Å². The molecule has 0 unspecified atom stereocenters. The van der Waals surface area contributed by atoms with Crippen LogP contribution in [0.4, 0.5) is 0 Å². The van der Waals surface area contributed by atoms with Crippen molar-refractivity contribution >= 4 is 44.8 Å². The van der Waals surface area contributed by atoms with Gasteiger partial charge in [0.25, 0.3) is 0 Å². The van der Waals surface area contributed by atoms with Crippen LogP contribution in [0.25, 0.3) is 5.69 Å². The molecule has 0 amide bonds. The molecule has 0 saturated heterocycles. The maximum Gasteiger partial charge on any atom is 0.245 e. The number of hydrogen-bond donors (Lipinski definition) is 1. The summed E-state index contributed by atoms with van der Waals surface area (Å²) in [6, 6.07) is 4.76. The average Bonchev–Trinajstić information content (AvgIpc) is 2.33. The lowest BCUT2D eigenvalue weighted by Crippen LogP contribution is -2.32. The molecule has 4 nitrogen and oxygen atoms in total. The van der Waals surface area contributed by atoms with Crippen LogP contribution in [0.2, 0.25) is 15.1 Å². The first-order valence-corrected chi connectivity index (χ1v) is 8.08. The third-order valence-electron chi connectivity index (χ3n) is 2.69. The first kappa shape index (κ1) is 15.5. The molecule has 0 aliphatic heterocycles. The number of nitrogens with zero attached hydrogens (tertiary/aromatic N) is 1. The SMILES string of the molecule is Cc1cc(-[n+]2ccc(Cl)c(S(N)(=O)=O)c2)c(Cl)cc1Cl. The molecule has 106 valence electrons. The highest BCUT2D eigenvalue weighted by atomic mass is 35.5. The first-order chi connectivity index (χ1) is 9.20. The number of pyridine rings is 1. The van der Waals surface area contributed by atoms with Gasteiger partial charge in [-0.3, -0.25) is 0 Å². The number of hydrogen-bond acceptors (Lipinski definition) is 2. The molecule has 2 N–H and O–H groups in total. The van der Waals surface area contributed by atoms with Crippen molar-refractivity contribution in [2.45, 2.75) is 11.8 Å². The zero-order chi connectivity index (χ0) is 15.1. The van der Waals surface area contributed by atoms with E-state index >= 15 is 0 Å². The fraction of sp³-hybridized carbons (Fsp3) is 0.0833. The van der Waals surface area contributed by atoms with Gasteiger partial charge in [0.05, 0.1) is 5.02 Å². The number of rotatable bonds is 2. The van der Waals surface area contributed by atoms with Crippen LogP contribution in [0.5, 0.6) is 0 Å². The molecule has 0 aliphatic carbocycles. The molecule has 0 atom stereocenters. The van der Waals surface area contributed by atoms with E-state index in [0.29, 0.717) is 15.7 Å². The highest BCUT2D eigenvalue weighted by Crippen LogP contribution is 2.26. The van der Waals surface area contributed by atoms with Crippen LogP contribution in [0.15, 0.2) is 35.5 Å². The molecule has 0 spiro atoms. The lowest BCUT2D eigenvalue weighted by molar-refractivity contribution is -0.597. The summed E-state index contributed by atoms with van der Waals surface area (Å²) in [4.78, 5) is -0.176. The van der Waals surface area contributed by atoms with Gasteiger partial charge in [0, 0.05) is 17.2 Å². The maximum absolute atomic E-state index is 11.5. The number of halogens is 3. The molecule has 0 aliphatic rings. The Kier molecular flexibility index (Phi) is 4.27. The lowest BCUT2D eigenvalue weighted by Gasteiger charge is -2.04. The van der Waals surface area contributed by atoms with E-state index in [9.17, 15) is 8.42 Å². The standard InChI is InChI=1S/C12H10Cl3N2O2S/c1-7-4-11(10(15)5-9(7)14)17-3-2-8(13)12(6-17)20(16,18)19/h2-6H,1H3,(H2,16,18,19)/q+1. The van der Waals surface area contributed by atoms with Gasteiger partial charge in [-0.05, 0) is 18.6 Å². The summed E-state index contributed by atoms with van der Waals surface area (Å²) < 4.78 is 24.5. The van der Waals surface area contributed by atoms with E-state index in [1.807, 2.05) is 6.92 Å². The minimum atomic E-state index is -3.92. The Balaban J connectivity index is 2.69. The molecule has 20 heavy (non-hydrogen) atoms. The van der Waals surface area contributed by atoms with Crippen LogP contribution >= 0.6 is 34.8 Å². The van der Waals surface area contributed by atoms with Crippen molar-refractivity contribution in [3.8, 4) is 5.69 Å². The molecule has 1 heterocycles. The van der Waals surface area contributed by atoms with Crippen LogP contribution in [0.3, 0.4) is 0 Å². The van der Waals surface area contributed by atoms with Crippen LogP contribution in [-0.2, 0) is 10.0 Å². The predicted molar refractivity (Wildman–Crippen MR) is 79.1 cm³/mol. The van der Waals surface area contributed by atoms with Crippen molar-refractivity contribution in [2.75, 3.05) is 0 Å². The predicted octanol–water partition coefficient (Wildman–Crippen LogP) is 2.88. The maximum atomic E-state index is 11.5. The molecule has 0 fully saturated rings. The van der Waals surface area contributed by atoms with Gasteiger partial charge in [0.1, 0.15) is 5.02 Å². The Morgan fingerprint density at radius 2 is 1.75 bits per heavy atom. The fourth-order valence-electron chi connectivity index (χ4n) is 1.66. The van der Waals surface area contributed by atoms with E-state index < -0.39 is 10.0 Å². The Bertz CT molecular complexity index is 792. The van der Waals surface area contributed by atoms with E-state index in [1.165, 1.54) is 16.8 Å². The lowest BCUT2D eigenvalue weighted by atomic mass is 10.2. The van der Waals surface area contributed by atoms with Gasteiger partial charge >= 0.3 is 0 Å². The topological polar surface area (TPSA) is 64.0 Å². The van der Waals surface area contributed by atoms with Crippen molar-refractivity contribution in [3.63, 3.8) is 0 Å². The summed E-state index contributed by atoms with van der Waals surface area (Å²) in [7, 11) is -3.92. The highest BCUT2D eigenvalue weighted by Gasteiger charge is 2.21. The molecule has 0 bridgehead atoms. The normalized spacial score (nSPS) is 11.7. The zero-order valence-corrected chi connectivity index (χ0v) is 13.4. The van der Waals surface area contributed by atoms with Crippen LogP contribution in [-0.4, -0.2) is 8.42 Å². The molecule has 1 aromatic heterocycles. The molecule has 0 saturated carbocycles. The number of sulfonamides is 1. The summed E-state index contributed by atoms with van der Waals surface area (Å²) in [6.07, 6.45) is 2.90. The third-order valence-corrected chi connectivity index (χ3v) is 4.78. The summed E-state index contributed by atoms with van der Waals surface area (Å²) in [6.45, 7) is 1.82. The number of aryl methyl sites for hydroxylation is 1. The van der Waals surface area contributed by atoms with Gasteiger partial charge in [-0.15, -0.1) is 0 Å². The minimum Gasteiger partial charge on any atom is -0.224 e. The van der Waals surface area contributed by atoms with Crippen LogP contribution in [0.1, 0.15) is 5.56 Å². The van der Waals surface area contributed by atoms with Crippen LogP contribution in [0, 0.1) is 6.92 Å². The van der Waals surface area contributed by atoms with E-state index in [-0.39, 0.29) is 9.92 Å². The quantitative estimate of drug-likeness (QED) is 0.845. The van der Waals surface area contributed by atoms with E-state index in [4.69, 9.17) is 39.9 Å². The van der Waals surface area contributed by atoms with Crippen molar-refractivity contribution in [1.29, 1.82) is 0 Å². The molecular formula is C12H10Cl3N2O2S+. The molecule has 1 aromatic carbocycles. The van der Waals surface area contributed by atoms with Gasteiger partial charge in [0.15, 0.2) is 17.3 Å². The Morgan fingerprint density at radius 1 is 1.10 bits per heavy atom. The molecule has 2 aromatic rings. The second kappa shape index (κ2) is 5.50. The molecular weight excluding hydrogens is 343 g/mol. The molecule has 2 rings (SSSR count). The number of primary sulfonamides is 1. The Labute approximate surface area is 131 Å². The van der Waals surface area contributed by atoms with E-state index in [2.05, 4.69) is 0 Å². The second-order valence-electron chi connectivity index (χ2n) is 4.16. The van der Waals surface area contributed by atoms with Gasteiger partial charge in [-0.25, -0.2) is 13.6 Å². The van der Waals surface area contributed by atoms with Gasteiger partial charge in [-0.2, -0.15) is 4.57 Å². The highest BCUT2D eigenvalue weighted by molar-refractivity contribution is 7.89. The minimum absolute atomic E-state index is 0.0468. The van der Waals surface area contributed by atoms with Gasteiger partial charge < -0.3 is 0 Å². The van der Waals surface area contributed by atoms with Crippen LogP contribution < -0.4 is 9.71 Å². The summed E-state index contributed by atoms with van der Waals surface area (Å²) >= 11 is 17.9. The monoisotopic (exact) mass is 351 g/mol. The average molecular weight is 353 g/mol. The fourth-order valence-corrected chi connectivity index (χ4v) is 3.17. The summed E-state index contributed by atoms with van der Waals surface area (Å²) in [5.41, 5.74) is 1.39. The summed E-state index contributed by atoms with van der Waals surface area (Å²) in [5, 5.41) is 6.07. The Hall–Kier alpha value is -0.850. The van der Waals surface area contributed by atoms with E-state index in [0.717, 1.165) is 5.56 Å². The van der Waals surface area contributed by atoms with Gasteiger partial charge in [0.2, 0.25) is 15.7 Å². The van der Waals surface area contributed by atoms with Crippen molar-refractivity contribution < 1.29 is 13.0 Å². The summed E-state index contributed by atoms with van der Waals surface area (Å²) in [5.74, 6) is 0. The van der Waals surface area contributed by atoms with Crippen molar-refractivity contribution in [1.82, 2.24) is 0 Å². The number of benzene rings is 1. The molecule has 0 radical (unpaired) electrons. The molecule has 8 heteroatoms. The van der Waals surface area contributed by atoms with Crippen molar-refractivity contribution in [3.05, 3.63) is 51.2 Å². The number of nitrogens with two attached hydrogens (primary N) is 1. The van der Waals surface area contributed by atoms with E-state index in [1.54, 1.807) is 18.3 Å². The second-order valence-corrected chi connectivity index (χ2v) is 6.91. The third kappa shape index (κ3) is 3.07. The smallest absolute Gasteiger partial charge is 0.224 e. The Morgan fingerprint density at radius 3 is 2.35 bits per heavy atom. The zero-order valence-electron chi connectivity index (χ0n) is 10.3.